The normalized spacial score (nSPS) is 22.4. The predicted octanol–water partition coefficient (Wildman–Crippen LogP) is -0.244. The molecule has 1 heterocycles. The van der Waals surface area contributed by atoms with Gasteiger partial charge in [0, 0.05) is 25.0 Å². The first-order valence-corrected chi connectivity index (χ1v) is 6.41. The highest BCUT2D eigenvalue weighted by Gasteiger charge is 2.30. The van der Waals surface area contributed by atoms with Crippen molar-refractivity contribution in [3.8, 4) is 0 Å². The highest BCUT2D eigenvalue weighted by Crippen LogP contribution is 2.17. The minimum absolute atomic E-state index is 0.00696. The van der Waals surface area contributed by atoms with Crippen molar-refractivity contribution in [2.75, 3.05) is 13.1 Å². The fourth-order valence-electron chi connectivity index (χ4n) is 2.20. The van der Waals surface area contributed by atoms with Crippen molar-refractivity contribution in [2.24, 2.45) is 5.92 Å². The lowest BCUT2D eigenvalue weighted by Gasteiger charge is -2.35. The lowest BCUT2D eigenvalue weighted by atomic mass is 9.96. The SMILES string of the molecule is O=C([O-])C1CC(O)CN(C(=O)OCc2ccccc2)C1. The molecule has 2 atom stereocenters. The van der Waals surface area contributed by atoms with E-state index in [0.717, 1.165) is 5.56 Å². The van der Waals surface area contributed by atoms with E-state index in [1.54, 1.807) is 0 Å². The smallest absolute Gasteiger partial charge is 0.410 e. The Hall–Kier alpha value is -2.08. The maximum absolute atomic E-state index is 11.9. The molecule has 6 nitrogen and oxygen atoms in total. The summed E-state index contributed by atoms with van der Waals surface area (Å²) in [5, 5.41) is 20.4. The van der Waals surface area contributed by atoms with Crippen LogP contribution in [-0.2, 0) is 16.1 Å². The Kier molecular flexibility index (Phi) is 4.57. The van der Waals surface area contributed by atoms with Gasteiger partial charge in [-0.2, -0.15) is 0 Å². The van der Waals surface area contributed by atoms with Crippen molar-refractivity contribution < 1.29 is 24.5 Å². The number of aliphatic carboxylic acids is 1. The molecular weight excluding hydrogens is 262 g/mol. The number of nitrogens with zero attached hydrogens (tertiary/aromatic N) is 1. The number of carbonyl (C=O) groups excluding carboxylic acids is 2. The summed E-state index contributed by atoms with van der Waals surface area (Å²) < 4.78 is 5.11. The molecule has 0 spiro atoms. The Morgan fingerprint density at radius 3 is 2.65 bits per heavy atom. The summed E-state index contributed by atoms with van der Waals surface area (Å²) in [7, 11) is 0. The molecule has 0 radical (unpaired) electrons. The Morgan fingerprint density at radius 2 is 2.00 bits per heavy atom. The maximum atomic E-state index is 11.9. The first-order valence-electron chi connectivity index (χ1n) is 6.41. The Labute approximate surface area is 116 Å². The van der Waals surface area contributed by atoms with E-state index in [9.17, 15) is 19.8 Å². The summed E-state index contributed by atoms with van der Waals surface area (Å²) in [6, 6.07) is 9.17. The van der Waals surface area contributed by atoms with Gasteiger partial charge in [0.2, 0.25) is 0 Å². The van der Waals surface area contributed by atoms with Gasteiger partial charge in [-0.05, 0) is 12.0 Å². The van der Waals surface area contributed by atoms with Crippen LogP contribution in [0.25, 0.3) is 0 Å². The number of amides is 1. The molecule has 0 aliphatic carbocycles. The number of carboxylic acid groups (broad SMARTS) is 1. The van der Waals surface area contributed by atoms with Crippen molar-refractivity contribution in [1.82, 2.24) is 4.90 Å². The monoisotopic (exact) mass is 278 g/mol. The van der Waals surface area contributed by atoms with Gasteiger partial charge in [0.15, 0.2) is 0 Å². The second-order valence-corrected chi connectivity index (χ2v) is 4.85. The van der Waals surface area contributed by atoms with E-state index >= 15 is 0 Å². The second-order valence-electron chi connectivity index (χ2n) is 4.85. The fourth-order valence-corrected chi connectivity index (χ4v) is 2.20. The third-order valence-electron chi connectivity index (χ3n) is 3.23. The number of hydrogen-bond donors (Lipinski definition) is 1. The van der Waals surface area contributed by atoms with Crippen LogP contribution in [0, 0.1) is 5.92 Å². The maximum Gasteiger partial charge on any atom is 0.410 e. The molecule has 1 saturated heterocycles. The van der Waals surface area contributed by atoms with E-state index in [1.165, 1.54) is 4.90 Å². The van der Waals surface area contributed by atoms with Crippen LogP contribution in [0.4, 0.5) is 4.79 Å². The van der Waals surface area contributed by atoms with Gasteiger partial charge in [-0.1, -0.05) is 30.3 Å². The molecule has 2 unspecified atom stereocenters. The molecule has 20 heavy (non-hydrogen) atoms. The number of likely N-dealkylation sites (tertiary alicyclic amines) is 1. The zero-order chi connectivity index (χ0) is 14.5. The van der Waals surface area contributed by atoms with Gasteiger partial charge in [0.1, 0.15) is 6.61 Å². The van der Waals surface area contributed by atoms with Crippen LogP contribution in [-0.4, -0.2) is 41.3 Å². The zero-order valence-electron chi connectivity index (χ0n) is 10.9. The number of benzene rings is 1. The molecule has 0 saturated carbocycles. The summed E-state index contributed by atoms with van der Waals surface area (Å²) in [5.41, 5.74) is 0.842. The summed E-state index contributed by atoms with van der Waals surface area (Å²) in [6.45, 7) is 0.201. The van der Waals surface area contributed by atoms with Gasteiger partial charge in [-0.25, -0.2) is 4.79 Å². The fraction of sp³-hybridized carbons (Fsp3) is 0.429. The summed E-state index contributed by atoms with van der Waals surface area (Å²) in [4.78, 5) is 23.9. The Bertz CT molecular complexity index is 476. The van der Waals surface area contributed by atoms with Crippen LogP contribution >= 0.6 is 0 Å². The zero-order valence-corrected chi connectivity index (χ0v) is 10.9. The highest BCUT2D eigenvalue weighted by atomic mass is 16.6. The number of ether oxygens (including phenoxy) is 1. The number of hydrogen-bond acceptors (Lipinski definition) is 5. The first-order chi connectivity index (χ1) is 9.56. The average molecular weight is 278 g/mol. The van der Waals surface area contributed by atoms with E-state index in [4.69, 9.17) is 4.74 Å². The third-order valence-corrected chi connectivity index (χ3v) is 3.23. The topological polar surface area (TPSA) is 89.9 Å². The molecule has 1 aliphatic rings. The lowest BCUT2D eigenvalue weighted by Crippen LogP contribution is -2.51. The Balaban J connectivity index is 1.90. The van der Waals surface area contributed by atoms with Crippen molar-refractivity contribution >= 4 is 12.1 Å². The highest BCUT2D eigenvalue weighted by molar-refractivity contribution is 5.72. The lowest BCUT2D eigenvalue weighted by molar-refractivity contribution is -0.313. The second kappa shape index (κ2) is 6.38. The van der Waals surface area contributed by atoms with Crippen LogP contribution in [0.1, 0.15) is 12.0 Å². The molecule has 2 rings (SSSR count). The van der Waals surface area contributed by atoms with Crippen molar-refractivity contribution in [3.63, 3.8) is 0 Å². The molecule has 1 aliphatic heterocycles. The van der Waals surface area contributed by atoms with Crippen LogP contribution < -0.4 is 5.11 Å². The first kappa shape index (κ1) is 14.3. The van der Waals surface area contributed by atoms with Gasteiger partial charge in [0.25, 0.3) is 0 Å². The molecular formula is C14H16NO5-. The summed E-state index contributed by atoms with van der Waals surface area (Å²) in [6.07, 6.45) is -1.39. The predicted molar refractivity (Wildman–Crippen MR) is 67.3 cm³/mol. The van der Waals surface area contributed by atoms with Crippen molar-refractivity contribution in [3.05, 3.63) is 35.9 Å². The number of piperidine rings is 1. The van der Waals surface area contributed by atoms with Crippen LogP contribution in [0.2, 0.25) is 0 Å². The largest absolute Gasteiger partial charge is 0.550 e. The van der Waals surface area contributed by atoms with E-state index < -0.39 is 24.1 Å². The van der Waals surface area contributed by atoms with E-state index in [-0.39, 0.29) is 26.1 Å². The molecule has 1 N–H and O–H groups in total. The van der Waals surface area contributed by atoms with E-state index in [0.29, 0.717) is 0 Å². The van der Waals surface area contributed by atoms with Gasteiger partial charge in [0.05, 0.1) is 6.10 Å². The minimum Gasteiger partial charge on any atom is -0.550 e. The molecule has 6 heteroatoms. The van der Waals surface area contributed by atoms with Crippen LogP contribution in [0.3, 0.4) is 0 Å². The van der Waals surface area contributed by atoms with Crippen LogP contribution in [0.15, 0.2) is 30.3 Å². The molecule has 1 aromatic rings. The minimum atomic E-state index is -1.26. The van der Waals surface area contributed by atoms with Gasteiger partial charge in [-0.15, -0.1) is 0 Å². The summed E-state index contributed by atoms with van der Waals surface area (Å²) >= 11 is 0. The van der Waals surface area contributed by atoms with E-state index in [2.05, 4.69) is 0 Å². The van der Waals surface area contributed by atoms with E-state index in [1.807, 2.05) is 30.3 Å². The molecule has 1 aromatic carbocycles. The van der Waals surface area contributed by atoms with Crippen molar-refractivity contribution in [2.45, 2.75) is 19.1 Å². The molecule has 108 valence electrons. The quantitative estimate of drug-likeness (QED) is 0.824. The molecule has 0 aromatic heterocycles. The Morgan fingerprint density at radius 1 is 1.30 bits per heavy atom. The number of aliphatic hydroxyl groups excluding tert-OH is 1. The number of carboxylic acids is 1. The van der Waals surface area contributed by atoms with Crippen LogP contribution in [0.5, 0.6) is 0 Å². The molecule has 0 bridgehead atoms. The number of carbonyl (C=O) groups is 2. The van der Waals surface area contributed by atoms with Gasteiger partial charge in [-0.3, -0.25) is 0 Å². The number of β-amino-alcohol motifs (C(OH)–C–C–N with tert-alkyl or cyclic N) is 1. The number of rotatable bonds is 3. The molecule has 1 amide bonds. The summed E-state index contributed by atoms with van der Waals surface area (Å²) in [5.74, 6) is -2.12. The molecule has 1 fully saturated rings. The standard InChI is InChI=1S/C14H17NO5/c16-12-6-11(13(17)18)7-15(8-12)14(19)20-9-10-4-2-1-3-5-10/h1-5,11-12,16H,6-9H2,(H,17,18)/p-1. The average Bonchev–Trinajstić information content (AvgIpc) is 2.45. The number of aliphatic hydroxyl groups is 1. The van der Waals surface area contributed by atoms with Gasteiger partial charge >= 0.3 is 6.09 Å². The van der Waals surface area contributed by atoms with Gasteiger partial charge < -0.3 is 24.6 Å². The third kappa shape index (κ3) is 3.71. The van der Waals surface area contributed by atoms with Crippen molar-refractivity contribution in [1.29, 1.82) is 0 Å².